The summed E-state index contributed by atoms with van der Waals surface area (Å²) in [7, 11) is -2.09. The molecule has 0 unspecified atom stereocenters. The molecule has 2 heterocycles. The maximum Gasteiger partial charge on any atom is 0.267 e. The third kappa shape index (κ3) is 3.39. The average molecular weight is 332 g/mol. The van der Waals surface area contributed by atoms with Crippen molar-refractivity contribution in [2.75, 3.05) is 4.72 Å². The van der Waals surface area contributed by atoms with Gasteiger partial charge in [-0.15, -0.1) is 5.10 Å². The van der Waals surface area contributed by atoms with Crippen LogP contribution < -0.4 is 4.72 Å². The summed E-state index contributed by atoms with van der Waals surface area (Å²) in [6.45, 7) is 2.15. The Hall–Kier alpha value is -2.68. The van der Waals surface area contributed by atoms with Crippen LogP contribution in [0.3, 0.4) is 0 Å². The first-order valence-corrected chi connectivity index (χ1v) is 8.39. The Labute approximate surface area is 133 Å². The number of rotatable bonds is 5. The molecule has 9 heteroatoms. The Morgan fingerprint density at radius 1 is 1.17 bits per heavy atom. The molecule has 0 saturated carbocycles. The molecule has 2 aromatic heterocycles. The minimum absolute atomic E-state index is 0.0317. The molecule has 8 nitrogen and oxygen atoms in total. The molecule has 0 aliphatic rings. The molecule has 1 aromatic carbocycles. The van der Waals surface area contributed by atoms with Crippen molar-refractivity contribution < 1.29 is 8.42 Å². The predicted octanol–water partition coefficient (Wildman–Crippen LogP) is 1.17. The summed E-state index contributed by atoms with van der Waals surface area (Å²) in [4.78, 5) is 4.10. The molecule has 0 saturated heterocycles. The normalized spacial score (nSPS) is 11.6. The van der Waals surface area contributed by atoms with Gasteiger partial charge in [0.2, 0.25) is 0 Å². The molecular weight excluding hydrogens is 316 g/mol. The van der Waals surface area contributed by atoms with Gasteiger partial charge in [-0.2, -0.15) is 10.1 Å². The number of nitrogens with zero attached hydrogens (tertiary/aromatic N) is 5. The Balaban J connectivity index is 1.77. The lowest BCUT2D eigenvalue weighted by atomic mass is 10.2. The summed E-state index contributed by atoms with van der Waals surface area (Å²) < 4.78 is 30.1. The van der Waals surface area contributed by atoms with Gasteiger partial charge in [-0.25, -0.2) is 17.8 Å². The van der Waals surface area contributed by atoms with Crippen molar-refractivity contribution in [3.8, 4) is 0 Å². The molecule has 0 spiro atoms. The van der Waals surface area contributed by atoms with Crippen LogP contribution in [0.25, 0.3) is 0 Å². The zero-order valence-corrected chi connectivity index (χ0v) is 13.5. The van der Waals surface area contributed by atoms with E-state index < -0.39 is 10.0 Å². The number of anilines is 1. The van der Waals surface area contributed by atoms with E-state index in [0.717, 1.165) is 5.56 Å². The van der Waals surface area contributed by atoms with E-state index in [1.807, 2.05) is 30.3 Å². The van der Waals surface area contributed by atoms with Crippen LogP contribution in [0.4, 0.5) is 5.95 Å². The minimum Gasteiger partial charge on any atom is -0.274 e. The summed E-state index contributed by atoms with van der Waals surface area (Å²) in [6.07, 6.45) is 2.93. The fourth-order valence-electron chi connectivity index (χ4n) is 2.20. The highest BCUT2D eigenvalue weighted by atomic mass is 32.2. The highest BCUT2D eigenvalue weighted by Crippen LogP contribution is 2.15. The van der Waals surface area contributed by atoms with Gasteiger partial charge in [0.25, 0.3) is 16.0 Å². The van der Waals surface area contributed by atoms with Crippen LogP contribution in [-0.2, 0) is 23.6 Å². The molecule has 3 rings (SSSR count). The lowest BCUT2D eigenvalue weighted by Crippen LogP contribution is -2.15. The van der Waals surface area contributed by atoms with E-state index in [-0.39, 0.29) is 10.8 Å². The summed E-state index contributed by atoms with van der Waals surface area (Å²) in [5, 5.41) is 8.17. The summed E-state index contributed by atoms with van der Waals surface area (Å²) in [6, 6.07) is 9.72. The standard InChI is InChI=1S/C14H16N6O2S/c1-11-13(9-19(2)16-11)23(21,22)18-14-15-10-20(17-14)8-12-6-4-3-5-7-12/h3-7,9-10H,8H2,1-2H3,(H,17,18). The largest absolute Gasteiger partial charge is 0.274 e. The fourth-order valence-corrected chi connectivity index (χ4v) is 3.37. The first-order valence-electron chi connectivity index (χ1n) is 6.90. The molecule has 0 bridgehead atoms. The van der Waals surface area contributed by atoms with Crippen LogP contribution in [0.15, 0.2) is 47.8 Å². The number of nitrogens with one attached hydrogen (secondary N) is 1. The highest BCUT2D eigenvalue weighted by molar-refractivity contribution is 7.92. The molecule has 0 radical (unpaired) electrons. The van der Waals surface area contributed by atoms with E-state index >= 15 is 0 Å². The van der Waals surface area contributed by atoms with E-state index in [1.165, 1.54) is 17.2 Å². The van der Waals surface area contributed by atoms with Gasteiger partial charge in [-0.3, -0.25) is 4.68 Å². The minimum atomic E-state index is -3.75. The third-order valence-electron chi connectivity index (χ3n) is 3.21. The maximum atomic E-state index is 12.3. The Bertz CT molecular complexity index is 914. The number of aromatic nitrogens is 5. The van der Waals surface area contributed by atoms with E-state index in [1.54, 1.807) is 18.7 Å². The Morgan fingerprint density at radius 3 is 2.57 bits per heavy atom. The number of benzene rings is 1. The molecule has 0 aliphatic carbocycles. The number of sulfonamides is 1. The van der Waals surface area contributed by atoms with Gasteiger partial charge in [0.05, 0.1) is 12.2 Å². The van der Waals surface area contributed by atoms with E-state index in [2.05, 4.69) is 19.9 Å². The van der Waals surface area contributed by atoms with Gasteiger partial charge < -0.3 is 0 Å². The first kappa shape index (κ1) is 15.2. The zero-order chi connectivity index (χ0) is 16.4. The first-order chi connectivity index (χ1) is 10.9. The highest BCUT2D eigenvalue weighted by Gasteiger charge is 2.21. The SMILES string of the molecule is Cc1nn(C)cc1S(=O)(=O)Nc1ncn(Cc2ccccc2)n1. The molecule has 120 valence electrons. The van der Waals surface area contributed by atoms with E-state index in [9.17, 15) is 8.42 Å². The van der Waals surface area contributed by atoms with Crippen molar-refractivity contribution in [2.24, 2.45) is 7.05 Å². The zero-order valence-electron chi connectivity index (χ0n) is 12.7. The lowest BCUT2D eigenvalue weighted by Gasteiger charge is -2.03. The van der Waals surface area contributed by atoms with Gasteiger partial charge in [0, 0.05) is 13.2 Å². The van der Waals surface area contributed by atoms with Gasteiger partial charge in [0.15, 0.2) is 0 Å². The lowest BCUT2D eigenvalue weighted by molar-refractivity contribution is 0.600. The number of hydrogen-bond acceptors (Lipinski definition) is 5. The third-order valence-corrected chi connectivity index (χ3v) is 4.64. The van der Waals surface area contributed by atoms with Crippen LogP contribution in [0.5, 0.6) is 0 Å². The summed E-state index contributed by atoms with van der Waals surface area (Å²) in [5.41, 5.74) is 1.47. The van der Waals surface area contributed by atoms with Crippen LogP contribution in [0.2, 0.25) is 0 Å². The predicted molar refractivity (Wildman–Crippen MR) is 84.3 cm³/mol. The molecule has 1 N–H and O–H groups in total. The second kappa shape index (κ2) is 5.84. The van der Waals surface area contributed by atoms with Gasteiger partial charge in [-0.1, -0.05) is 30.3 Å². The van der Waals surface area contributed by atoms with Crippen molar-refractivity contribution in [2.45, 2.75) is 18.4 Å². The van der Waals surface area contributed by atoms with Crippen molar-refractivity contribution in [1.82, 2.24) is 24.5 Å². The second-order valence-electron chi connectivity index (χ2n) is 5.11. The fraction of sp³-hybridized carbons (Fsp3) is 0.214. The second-order valence-corrected chi connectivity index (χ2v) is 6.76. The molecule has 0 aliphatic heterocycles. The van der Waals surface area contributed by atoms with Crippen LogP contribution >= 0.6 is 0 Å². The van der Waals surface area contributed by atoms with Crippen molar-refractivity contribution in [3.05, 3.63) is 54.1 Å². The Morgan fingerprint density at radius 2 is 1.91 bits per heavy atom. The van der Waals surface area contributed by atoms with Crippen LogP contribution in [-0.4, -0.2) is 33.0 Å². The molecule has 0 amide bonds. The maximum absolute atomic E-state index is 12.3. The van der Waals surface area contributed by atoms with Crippen LogP contribution in [0, 0.1) is 6.92 Å². The Kier molecular flexibility index (Phi) is 3.87. The summed E-state index contributed by atoms with van der Waals surface area (Å²) in [5.74, 6) is 0.0317. The van der Waals surface area contributed by atoms with Crippen LogP contribution in [0.1, 0.15) is 11.3 Å². The monoisotopic (exact) mass is 332 g/mol. The topological polar surface area (TPSA) is 94.7 Å². The van der Waals surface area contributed by atoms with Crippen molar-refractivity contribution in [3.63, 3.8) is 0 Å². The van der Waals surface area contributed by atoms with E-state index in [4.69, 9.17) is 0 Å². The number of hydrogen-bond donors (Lipinski definition) is 1. The molecule has 0 atom stereocenters. The molecule has 23 heavy (non-hydrogen) atoms. The molecule has 0 fully saturated rings. The van der Waals surface area contributed by atoms with Gasteiger partial charge in [0.1, 0.15) is 11.2 Å². The van der Waals surface area contributed by atoms with Crippen molar-refractivity contribution in [1.29, 1.82) is 0 Å². The average Bonchev–Trinajstić information content (AvgIpc) is 3.06. The smallest absolute Gasteiger partial charge is 0.267 e. The van der Waals surface area contributed by atoms with Gasteiger partial charge in [-0.05, 0) is 12.5 Å². The quantitative estimate of drug-likeness (QED) is 0.757. The molecule has 3 aromatic rings. The van der Waals surface area contributed by atoms with Crippen molar-refractivity contribution >= 4 is 16.0 Å². The summed E-state index contributed by atoms with van der Waals surface area (Å²) >= 11 is 0. The van der Waals surface area contributed by atoms with Gasteiger partial charge >= 0.3 is 0 Å². The number of aryl methyl sites for hydroxylation is 2. The van der Waals surface area contributed by atoms with E-state index in [0.29, 0.717) is 12.2 Å². The molecular formula is C14H16N6O2S.